The molecular weight excluding hydrogens is 350 g/mol. The first-order valence-electron chi connectivity index (χ1n) is 6.96. The normalized spacial score (nSPS) is 10.4. The minimum atomic E-state index is -0.794. The third-order valence-corrected chi connectivity index (χ3v) is 3.47. The van der Waals surface area contributed by atoms with Crippen LogP contribution in [0.4, 0.5) is 11.4 Å². The highest BCUT2D eigenvalue weighted by atomic mass is 35.5. The van der Waals surface area contributed by atoms with Crippen molar-refractivity contribution in [1.82, 2.24) is 14.8 Å². The Bertz CT molecular complexity index is 1010. The van der Waals surface area contributed by atoms with Crippen LogP contribution in [-0.2, 0) is 0 Å². The summed E-state index contributed by atoms with van der Waals surface area (Å²) in [4.78, 5) is 36.9. The molecule has 1 aromatic heterocycles. The number of carbonyl (C=O) groups is 1. The third-order valence-electron chi connectivity index (χ3n) is 3.24. The summed E-state index contributed by atoms with van der Waals surface area (Å²) >= 11 is 5.73. The molecule has 2 N–H and O–H groups in total. The molecule has 3 aromatic rings. The molecule has 0 radical (unpaired) electrons. The number of H-pyrrole nitrogens is 1. The molecule has 126 valence electrons. The lowest BCUT2D eigenvalue weighted by molar-refractivity contribution is -0.383. The minimum Gasteiger partial charge on any atom is -0.313 e. The van der Waals surface area contributed by atoms with E-state index in [1.54, 1.807) is 30.3 Å². The largest absolute Gasteiger partial charge is 0.348 e. The summed E-state index contributed by atoms with van der Waals surface area (Å²) in [6.45, 7) is 0. The van der Waals surface area contributed by atoms with E-state index in [1.807, 2.05) is 0 Å². The van der Waals surface area contributed by atoms with Gasteiger partial charge in [-0.2, -0.15) is 4.68 Å². The number of carbonyl (C=O) groups excluding carboxylic acids is 1. The summed E-state index contributed by atoms with van der Waals surface area (Å²) in [5.74, 6) is -1.07. The average Bonchev–Trinajstić information content (AvgIpc) is 2.99. The Labute approximate surface area is 145 Å². The number of anilines is 1. The summed E-state index contributed by atoms with van der Waals surface area (Å²) in [6.07, 6.45) is 0. The molecule has 0 bridgehead atoms. The van der Waals surface area contributed by atoms with Gasteiger partial charge in [-0.25, -0.2) is 4.79 Å². The van der Waals surface area contributed by atoms with Gasteiger partial charge in [0, 0.05) is 11.1 Å². The molecule has 0 saturated heterocycles. The van der Waals surface area contributed by atoms with Crippen molar-refractivity contribution >= 4 is 28.9 Å². The first-order chi connectivity index (χ1) is 12.0. The number of aromatic nitrogens is 3. The summed E-state index contributed by atoms with van der Waals surface area (Å²) < 4.78 is 1.02. The maximum atomic E-state index is 12.3. The van der Waals surface area contributed by atoms with E-state index in [1.165, 1.54) is 12.1 Å². The Morgan fingerprint density at radius 3 is 2.64 bits per heavy atom. The van der Waals surface area contributed by atoms with Gasteiger partial charge in [-0.1, -0.05) is 29.8 Å². The zero-order valence-electron chi connectivity index (χ0n) is 12.5. The molecule has 0 spiro atoms. The second-order valence-electron chi connectivity index (χ2n) is 4.90. The van der Waals surface area contributed by atoms with Crippen molar-refractivity contribution in [3.63, 3.8) is 0 Å². The van der Waals surface area contributed by atoms with Crippen molar-refractivity contribution in [2.24, 2.45) is 0 Å². The third kappa shape index (κ3) is 3.40. The Kier molecular flexibility index (Phi) is 4.31. The molecular formula is C15H10ClN5O4. The molecule has 0 atom stereocenters. The van der Waals surface area contributed by atoms with Crippen LogP contribution >= 0.6 is 11.6 Å². The van der Waals surface area contributed by atoms with E-state index in [2.05, 4.69) is 15.4 Å². The lowest BCUT2D eigenvalue weighted by Gasteiger charge is -2.04. The van der Waals surface area contributed by atoms with Crippen molar-refractivity contribution in [3.8, 4) is 5.69 Å². The maximum absolute atomic E-state index is 12.3. The number of amides is 1. The predicted molar refractivity (Wildman–Crippen MR) is 90.2 cm³/mol. The number of nitrogens with one attached hydrogen (secondary N) is 2. The monoisotopic (exact) mass is 359 g/mol. The Balaban J connectivity index is 1.91. The fourth-order valence-electron chi connectivity index (χ4n) is 2.11. The molecule has 0 unspecified atom stereocenters. The zero-order valence-corrected chi connectivity index (χ0v) is 13.2. The molecule has 0 aliphatic heterocycles. The maximum Gasteiger partial charge on any atom is 0.348 e. The van der Waals surface area contributed by atoms with Gasteiger partial charge in [-0.15, -0.1) is 5.10 Å². The topological polar surface area (TPSA) is 123 Å². The summed E-state index contributed by atoms with van der Waals surface area (Å²) in [6, 6.07) is 12.3. The minimum absolute atomic E-state index is 0.0606. The number of aromatic amines is 1. The summed E-state index contributed by atoms with van der Waals surface area (Å²) in [5, 5.41) is 17.5. The van der Waals surface area contributed by atoms with Crippen molar-refractivity contribution < 1.29 is 9.72 Å². The van der Waals surface area contributed by atoms with Gasteiger partial charge in [0.15, 0.2) is 0 Å². The summed E-state index contributed by atoms with van der Waals surface area (Å²) in [7, 11) is 0. The lowest BCUT2D eigenvalue weighted by atomic mass is 10.2. The van der Waals surface area contributed by atoms with E-state index in [0.717, 1.165) is 10.7 Å². The van der Waals surface area contributed by atoms with Crippen molar-refractivity contribution in [3.05, 3.63) is 80.0 Å². The van der Waals surface area contributed by atoms with Crippen LogP contribution in [0, 0.1) is 10.1 Å². The standard InChI is InChI=1S/C15H10ClN5O4/c16-9-6-7-11(12(8-9)21(24)25)17-14(22)13-18-15(23)20(19-13)10-4-2-1-3-5-10/h1-8H,(H,17,22)(H,18,19,23). The first-order valence-corrected chi connectivity index (χ1v) is 7.33. The molecule has 3 rings (SSSR count). The highest BCUT2D eigenvalue weighted by molar-refractivity contribution is 6.31. The molecule has 0 aliphatic rings. The van der Waals surface area contributed by atoms with Crippen molar-refractivity contribution in [2.45, 2.75) is 0 Å². The van der Waals surface area contributed by atoms with E-state index in [0.29, 0.717) is 5.69 Å². The molecule has 0 aliphatic carbocycles. The Morgan fingerprint density at radius 2 is 1.96 bits per heavy atom. The highest BCUT2D eigenvalue weighted by Crippen LogP contribution is 2.27. The zero-order chi connectivity index (χ0) is 18.0. The van der Waals surface area contributed by atoms with Gasteiger partial charge in [0.05, 0.1) is 10.6 Å². The molecule has 0 fully saturated rings. The van der Waals surface area contributed by atoms with E-state index in [9.17, 15) is 19.7 Å². The van der Waals surface area contributed by atoms with Gasteiger partial charge in [0.2, 0.25) is 5.82 Å². The number of hydrogen-bond donors (Lipinski definition) is 2. The Morgan fingerprint density at radius 1 is 1.24 bits per heavy atom. The SMILES string of the molecule is O=C(Nc1ccc(Cl)cc1[N+](=O)[O-])c1nn(-c2ccccc2)c(=O)[nH]1. The van der Waals surface area contributed by atoms with Gasteiger partial charge < -0.3 is 5.32 Å². The number of nitro groups is 1. The number of rotatable bonds is 4. The highest BCUT2D eigenvalue weighted by Gasteiger charge is 2.20. The van der Waals surface area contributed by atoms with Gasteiger partial charge in [-0.3, -0.25) is 19.9 Å². The van der Waals surface area contributed by atoms with Crippen LogP contribution in [0.5, 0.6) is 0 Å². The molecule has 0 saturated carbocycles. The van der Waals surface area contributed by atoms with Crippen LogP contribution in [0.1, 0.15) is 10.6 Å². The average molecular weight is 360 g/mol. The predicted octanol–water partition coefficient (Wildman–Crippen LogP) is 2.37. The second kappa shape index (κ2) is 6.57. The van der Waals surface area contributed by atoms with Crippen LogP contribution < -0.4 is 11.0 Å². The quantitative estimate of drug-likeness (QED) is 0.546. The van der Waals surface area contributed by atoms with E-state index < -0.39 is 16.5 Å². The molecule has 1 amide bonds. The fraction of sp³-hybridized carbons (Fsp3) is 0. The van der Waals surface area contributed by atoms with Crippen molar-refractivity contribution in [2.75, 3.05) is 5.32 Å². The van der Waals surface area contributed by atoms with Crippen molar-refractivity contribution in [1.29, 1.82) is 0 Å². The number of hydrogen-bond acceptors (Lipinski definition) is 5. The van der Waals surface area contributed by atoms with Gasteiger partial charge in [0.1, 0.15) is 5.69 Å². The van der Waals surface area contributed by atoms with Gasteiger partial charge in [-0.05, 0) is 24.3 Å². The fourth-order valence-corrected chi connectivity index (χ4v) is 2.28. The van der Waals surface area contributed by atoms with E-state index >= 15 is 0 Å². The lowest BCUT2D eigenvalue weighted by Crippen LogP contribution is -2.16. The van der Waals surface area contributed by atoms with E-state index in [-0.39, 0.29) is 22.2 Å². The van der Waals surface area contributed by atoms with Gasteiger partial charge in [0.25, 0.3) is 11.6 Å². The van der Waals surface area contributed by atoms with Gasteiger partial charge >= 0.3 is 5.69 Å². The molecule has 10 heteroatoms. The molecule has 1 heterocycles. The smallest absolute Gasteiger partial charge is 0.313 e. The second-order valence-corrected chi connectivity index (χ2v) is 5.34. The number of benzene rings is 2. The number of nitro benzene ring substituents is 1. The molecule has 9 nitrogen and oxygen atoms in total. The summed E-state index contributed by atoms with van der Waals surface area (Å²) in [5.41, 5.74) is -0.567. The first kappa shape index (κ1) is 16.4. The van der Waals surface area contributed by atoms with Crippen LogP contribution in [-0.4, -0.2) is 25.6 Å². The van der Waals surface area contributed by atoms with Crippen LogP contribution in [0.2, 0.25) is 5.02 Å². The van der Waals surface area contributed by atoms with E-state index in [4.69, 9.17) is 11.6 Å². The Hall–Kier alpha value is -3.46. The van der Waals surface area contributed by atoms with Crippen LogP contribution in [0.25, 0.3) is 5.69 Å². The number of halogens is 1. The number of nitrogens with zero attached hydrogens (tertiary/aromatic N) is 3. The molecule has 25 heavy (non-hydrogen) atoms. The molecule has 2 aromatic carbocycles. The van der Waals surface area contributed by atoms with Crippen LogP contribution in [0.3, 0.4) is 0 Å². The number of para-hydroxylation sites is 1. The van der Waals surface area contributed by atoms with Crippen LogP contribution in [0.15, 0.2) is 53.3 Å².